The van der Waals surface area contributed by atoms with Crippen LogP contribution in [0, 0.1) is 6.92 Å². The van der Waals surface area contributed by atoms with Crippen molar-refractivity contribution < 1.29 is 14.4 Å². The molecular formula is C16H14N2O3. The van der Waals surface area contributed by atoms with E-state index < -0.39 is 5.97 Å². The summed E-state index contributed by atoms with van der Waals surface area (Å²) in [4.78, 5) is 15.5. The molecule has 0 aliphatic carbocycles. The van der Waals surface area contributed by atoms with Gasteiger partial charge < -0.3 is 9.63 Å². The van der Waals surface area contributed by atoms with Crippen LogP contribution in [0.5, 0.6) is 0 Å². The maximum absolute atomic E-state index is 11.3. The van der Waals surface area contributed by atoms with Gasteiger partial charge in [0.2, 0.25) is 0 Å². The van der Waals surface area contributed by atoms with Gasteiger partial charge in [-0.1, -0.05) is 18.1 Å². The Balaban J connectivity index is 2.12. The van der Waals surface area contributed by atoms with Gasteiger partial charge in [0.1, 0.15) is 5.76 Å². The summed E-state index contributed by atoms with van der Waals surface area (Å²) >= 11 is 0. The Morgan fingerprint density at radius 2 is 2.10 bits per heavy atom. The van der Waals surface area contributed by atoms with E-state index in [9.17, 15) is 9.90 Å². The monoisotopic (exact) mass is 282 g/mol. The van der Waals surface area contributed by atoms with Crippen molar-refractivity contribution in [3.8, 4) is 0 Å². The van der Waals surface area contributed by atoms with Crippen molar-refractivity contribution in [2.24, 2.45) is 0 Å². The minimum atomic E-state index is -0.956. The number of aromatic carboxylic acids is 1. The van der Waals surface area contributed by atoms with Gasteiger partial charge in [0.25, 0.3) is 0 Å². The molecule has 1 aromatic carbocycles. The van der Waals surface area contributed by atoms with Crippen LogP contribution in [0.4, 0.5) is 0 Å². The van der Waals surface area contributed by atoms with Crippen LogP contribution >= 0.6 is 0 Å². The van der Waals surface area contributed by atoms with E-state index in [1.54, 1.807) is 0 Å². The topological polar surface area (TPSA) is 76.2 Å². The van der Waals surface area contributed by atoms with E-state index in [1.165, 1.54) is 12.3 Å². The van der Waals surface area contributed by atoms with Crippen molar-refractivity contribution in [1.82, 2.24) is 10.1 Å². The van der Waals surface area contributed by atoms with Crippen molar-refractivity contribution in [2.75, 3.05) is 0 Å². The fourth-order valence-corrected chi connectivity index (χ4v) is 2.37. The Kier molecular flexibility index (Phi) is 3.17. The first kappa shape index (κ1) is 13.3. The number of aryl methyl sites for hydroxylation is 1. The molecule has 0 spiro atoms. The molecule has 3 aromatic rings. The van der Waals surface area contributed by atoms with Crippen LogP contribution in [-0.2, 0) is 0 Å². The van der Waals surface area contributed by atoms with Crippen LogP contribution in [0.15, 0.2) is 41.1 Å². The summed E-state index contributed by atoms with van der Waals surface area (Å²) in [6, 6.07) is 9.02. The number of carbonyl (C=O) groups is 1. The number of hydrogen-bond donors (Lipinski definition) is 1. The third-order valence-corrected chi connectivity index (χ3v) is 3.57. The maximum Gasteiger partial charge on any atom is 0.336 e. The molecule has 1 N–H and O–H groups in total. The first-order valence-corrected chi connectivity index (χ1v) is 6.61. The van der Waals surface area contributed by atoms with Gasteiger partial charge in [-0.15, -0.1) is 0 Å². The summed E-state index contributed by atoms with van der Waals surface area (Å²) in [5.74, 6) is -0.201. The number of nitrogens with zero attached hydrogens (tertiary/aromatic N) is 2. The lowest BCUT2D eigenvalue weighted by molar-refractivity contribution is 0.0699. The summed E-state index contributed by atoms with van der Waals surface area (Å²) in [6.07, 6.45) is 1.51. The zero-order valence-electron chi connectivity index (χ0n) is 11.7. The van der Waals surface area contributed by atoms with Gasteiger partial charge in [-0.25, -0.2) is 4.79 Å². The molecule has 0 unspecified atom stereocenters. The number of carboxylic acids is 1. The van der Waals surface area contributed by atoms with Crippen LogP contribution in [0.25, 0.3) is 10.9 Å². The molecule has 0 saturated heterocycles. The van der Waals surface area contributed by atoms with Gasteiger partial charge in [-0.2, -0.15) is 0 Å². The summed E-state index contributed by atoms with van der Waals surface area (Å²) in [7, 11) is 0. The molecule has 0 aliphatic rings. The smallest absolute Gasteiger partial charge is 0.336 e. The van der Waals surface area contributed by atoms with Crippen LogP contribution < -0.4 is 0 Å². The molecule has 2 heterocycles. The van der Waals surface area contributed by atoms with Crippen LogP contribution in [0.3, 0.4) is 0 Å². The third-order valence-electron chi connectivity index (χ3n) is 3.57. The number of rotatable bonds is 3. The van der Waals surface area contributed by atoms with Gasteiger partial charge in [0.05, 0.1) is 16.8 Å². The largest absolute Gasteiger partial charge is 0.478 e. The second-order valence-corrected chi connectivity index (χ2v) is 5.03. The average molecular weight is 282 g/mol. The summed E-state index contributed by atoms with van der Waals surface area (Å²) in [6.45, 7) is 3.87. The van der Waals surface area contributed by atoms with Crippen LogP contribution in [0.2, 0.25) is 0 Å². The van der Waals surface area contributed by atoms with E-state index in [1.807, 2.05) is 38.1 Å². The van der Waals surface area contributed by atoms with Crippen molar-refractivity contribution >= 4 is 16.9 Å². The number of benzene rings is 1. The Morgan fingerprint density at radius 3 is 2.76 bits per heavy atom. The molecule has 0 fully saturated rings. The predicted octanol–water partition coefficient (Wildman–Crippen LogP) is 3.38. The molecule has 0 bridgehead atoms. The first-order valence-electron chi connectivity index (χ1n) is 6.61. The fraction of sp³-hybridized carbons (Fsp3) is 0.188. The molecule has 106 valence electrons. The molecule has 1 atom stereocenters. The quantitative estimate of drug-likeness (QED) is 0.797. The highest BCUT2D eigenvalue weighted by atomic mass is 16.5. The van der Waals surface area contributed by atoms with E-state index in [0.29, 0.717) is 10.9 Å². The van der Waals surface area contributed by atoms with Gasteiger partial charge >= 0.3 is 5.97 Å². The van der Waals surface area contributed by atoms with Gasteiger partial charge in [0.15, 0.2) is 0 Å². The second kappa shape index (κ2) is 5.01. The fourth-order valence-electron chi connectivity index (χ4n) is 2.37. The summed E-state index contributed by atoms with van der Waals surface area (Å²) < 4.78 is 5.29. The Bertz CT molecular complexity index is 823. The van der Waals surface area contributed by atoms with E-state index in [2.05, 4.69) is 10.1 Å². The number of hydrogen-bond acceptors (Lipinski definition) is 4. The molecular weight excluding hydrogens is 268 g/mol. The first-order chi connectivity index (χ1) is 10.1. The van der Waals surface area contributed by atoms with E-state index in [-0.39, 0.29) is 11.5 Å². The highest BCUT2D eigenvalue weighted by Crippen LogP contribution is 2.28. The molecule has 21 heavy (non-hydrogen) atoms. The molecule has 0 radical (unpaired) electrons. The number of aromatic nitrogens is 2. The number of carboxylic acid groups (broad SMARTS) is 1. The maximum atomic E-state index is 11.3. The van der Waals surface area contributed by atoms with Crippen molar-refractivity contribution in [1.29, 1.82) is 0 Å². The predicted molar refractivity (Wildman–Crippen MR) is 77.5 cm³/mol. The molecule has 0 aliphatic heterocycles. The second-order valence-electron chi connectivity index (χ2n) is 5.03. The molecule has 0 amide bonds. The molecule has 5 heteroatoms. The Hall–Kier alpha value is -2.69. The van der Waals surface area contributed by atoms with Crippen molar-refractivity contribution in [3.05, 3.63) is 59.1 Å². The van der Waals surface area contributed by atoms with Crippen LogP contribution in [0.1, 0.15) is 40.2 Å². The SMILES string of the molecule is Cc1cc([C@@H](C)c2ccc3nccc(C(=O)O)c3c2)on1. The van der Waals surface area contributed by atoms with E-state index in [4.69, 9.17) is 4.52 Å². The Labute approximate surface area is 121 Å². The van der Waals surface area contributed by atoms with Gasteiger partial charge in [-0.05, 0) is 30.7 Å². The van der Waals surface area contributed by atoms with Gasteiger partial charge in [0, 0.05) is 23.6 Å². The highest BCUT2D eigenvalue weighted by Gasteiger charge is 2.16. The lowest BCUT2D eigenvalue weighted by Gasteiger charge is -2.10. The minimum Gasteiger partial charge on any atom is -0.478 e. The molecule has 5 nitrogen and oxygen atoms in total. The lowest BCUT2D eigenvalue weighted by Crippen LogP contribution is -2.00. The zero-order valence-corrected chi connectivity index (χ0v) is 11.7. The summed E-state index contributed by atoms with van der Waals surface area (Å²) in [5.41, 5.74) is 2.71. The van der Waals surface area contributed by atoms with Crippen molar-refractivity contribution in [2.45, 2.75) is 19.8 Å². The molecule has 0 saturated carbocycles. The average Bonchev–Trinajstić information content (AvgIpc) is 2.91. The summed E-state index contributed by atoms with van der Waals surface area (Å²) in [5, 5.41) is 13.8. The van der Waals surface area contributed by atoms with Crippen molar-refractivity contribution in [3.63, 3.8) is 0 Å². The standard InChI is InChI=1S/C16H14N2O3/c1-9-7-15(21-18-9)10(2)11-3-4-14-13(8-11)12(16(19)20)5-6-17-14/h3-8,10H,1-2H3,(H,19,20)/t10-/m0/s1. The van der Waals surface area contributed by atoms with E-state index >= 15 is 0 Å². The van der Waals surface area contributed by atoms with E-state index in [0.717, 1.165) is 17.0 Å². The Morgan fingerprint density at radius 1 is 1.29 bits per heavy atom. The van der Waals surface area contributed by atoms with Crippen LogP contribution in [-0.4, -0.2) is 21.2 Å². The number of pyridine rings is 1. The molecule has 3 rings (SSSR count). The normalized spacial score (nSPS) is 12.5. The highest BCUT2D eigenvalue weighted by molar-refractivity contribution is 6.02. The number of fused-ring (bicyclic) bond motifs is 1. The van der Waals surface area contributed by atoms with Gasteiger partial charge in [-0.3, -0.25) is 4.98 Å². The minimum absolute atomic E-state index is 0.00236. The zero-order chi connectivity index (χ0) is 15.0. The lowest BCUT2D eigenvalue weighted by atomic mass is 9.95. The molecule has 2 aromatic heterocycles. The third kappa shape index (κ3) is 2.38.